The summed E-state index contributed by atoms with van der Waals surface area (Å²) in [6.07, 6.45) is 0. The number of aromatic nitrogens is 2. The number of carbonyl (C=O) groups is 1. The second-order valence-corrected chi connectivity index (χ2v) is 6.32. The number of nitrogens with zero attached hydrogens (tertiary/aromatic N) is 2. The number of hydrogen-bond donors (Lipinski definition) is 1. The smallest absolute Gasteiger partial charge is 0.322 e. The van der Waals surface area contributed by atoms with Crippen LogP contribution in [0.1, 0.15) is 24.2 Å². The van der Waals surface area contributed by atoms with Crippen LogP contribution >= 0.6 is 15.9 Å². The number of anilines is 1. The van der Waals surface area contributed by atoms with E-state index < -0.39 is 0 Å². The van der Waals surface area contributed by atoms with Crippen LogP contribution in [0.3, 0.4) is 0 Å². The van der Waals surface area contributed by atoms with Crippen LogP contribution in [0, 0.1) is 0 Å². The van der Waals surface area contributed by atoms with Gasteiger partial charge in [-0.2, -0.15) is 0 Å². The van der Waals surface area contributed by atoms with Crippen molar-refractivity contribution in [3.8, 4) is 23.0 Å². The number of benzene rings is 2. The Hall–Kier alpha value is -2.87. The first-order valence-electron chi connectivity index (χ1n) is 8.41. The summed E-state index contributed by atoms with van der Waals surface area (Å²) in [5.41, 5.74) is 1.14. The molecule has 3 rings (SSSR count). The maximum atomic E-state index is 12.3. The zero-order chi connectivity index (χ0) is 19.2. The predicted molar refractivity (Wildman–Crippen MR) is 104 cm³/mol. The lowest BCUT2D eigenvalue weighted by Gasteiger charge is -2.11. The Kier molecular flexibility index (Phi) is 6.08. The van der Waals surface area contributed by atoms with Gasteiger partial charge in [-0.05, 0) is 50.2 Å². The van der Waals surface area contributed by atoms with Crippen molar-refractivity contribution in [2.75, 3.05) is 18.5 Å². The molecule has 0 radical (unpaired) electrons. The summed E-state index contributed by atoms with van der Waals surface area (Å²) >= 11 is 3.33. The summed E-state index contributed by atoms with van der Waals surface area (Å²) in [6.45, 7) is 4.83. The van der Waals surface area contributed by atoms with Gasteiger partial charge in [-0.1, -0.05) is 27.1 Å². The van der Waals surface area contributed by atoms with Gasteiger partial charge in [-0.25, -0.2) is 0 Å². The Labute approximate surface area is 164 Å². The quantitative estimate of drug-likeness (QED) is 0.590. The molecule has 0 bridgehead atoms. The third-order valence-corrected chi connectivity index (χ3v) is 4.02. The van der Waals surface area contributed by atoms with Gasteiger partial charge in [0.1, 0.15) is 0 Å². The van der Waals surface area contributed by atoms with Crippen LogP contribution in [0.25, 0.3) is 11.5 Å². The Morgan fingerprint density at radius 1 is 1.07 bits per heavy atom. The van der Waals surface area contributed by atoms with Crippen LogP contribution in [0.2, 0.25) is 0 Å². The average Bonchev–Trinajstić information content (AvgIpc) is 3.12. The topological polar surface area (TPSA) is 86.5 Å². The average molecular weight is 432 g/mol. The van der Waals surface area contributed by atoms with Gasteiger partial charge in [0.2, 0.25) is 5.89 Å². The summed E-state index contributed by atoms with van der Waals surface area (Å²) < 4.78 is 17.5. The summed E-state index contributed by atoms with van der Waals surface area (Å²) in [5, 5.41) is 10.5. The molecule has 2 aromatic carbocycles. The van der Waals surface area contributed by atoms with E-state index in [1.807, 2.05) is 19.9 Å². The van der Waals surface area contributed by atoms with Crippen molar-refractivity contribution >= 4 is 27.9 Å². The fourth-order valence-electron chi connectivity index (χ4n) is 2.37. The molecule has 140 valence electrons. The van der Waals surface area contributed by atoms with E-state index in [-0.39, 0.29) is 17.8 Å². The van der Waals surface area contributed by atoms with Gasteiger partial charge in [0.15, 0.2) is 11.5 Å². The Morgan fingerprint density at radius 2 is 1.85 bits per heavy atom. The molecule has 0 aliphatic rings. The number of halogens is 1. The van der Waals surface area contributed by atoms with Crippen LogP contribution in [0.4, 0.5) is 6.01 Å². The minimum atomic E-state index is -0.340. The van der Waals surface area contributed by atoms with E-state index in [1.165, 1.54) is 0 Å². The van der Waals surface area contributed by atoms with E-state index in [2.05, 4.69) is 31.4 Å². The van der Waals surface area contributed by atoms with Crippen LogP contribution in [0.15, 0.2) is 51.4 Å². The number of amides is 1. The van der Waals surface area contributed by atoms with Gasteiger partial charge >= 0.3 is 6.01 Å². The monoisotopic (exact) mass is 431 g/mol. The number of hydrogen-bond acceptors (Lipinski definition) is 6. The SMILES string of the molecule is CCOc1ccc(-c2nnc(NC(=O)c3cccc(Br)c3)o2)cc1OCC. The predicted octanol–water partition coefficient (Wildman–Crippen LogP) is 4.55. The molecular formula is C19H18BrN3O4. The van der Waals surface area contributed by atoms with E-state index in [0.717, 1.165) is 4.47 Å². The van der Waals surface area contributed by atoms with Crippen LogP contribution < -0.4 is 14.8 Å². The molecule has 7 nitrogen and oxygen atoms in total. The summed E-state index contributed by atoms with van der Waals surface area (Å²) in [6, 6.07) is 12.4. The standard InChI is InChI=1S/C19H18BrN3O4/c1-3-25-15-9-8-13(11-16(15)26-4-2)18-22-23-19(27-18)21-17(24)12-6-5-7-14(20)10-12/h5-11H,3-4H2,1-2H3,(H,21,23,24). The number of carbonyl (C=O) groups excluding carboxylic acids is 1. The maximum Gasteiger partial charge on any atom is 0.322 e. The normalized spacial score (nSPS) is 10.5. The number of ether oxygens (including phenoxy) is 2. The van der Waals surface area contributed by atoms with Crippen molar-refractivity contribution in [1.29, 1.82) is 0 Å². The Morgan fingerprint density at radius 3 is 2.59 bits per heavy atom. The molecule has 3 aromatic rings. The maximum absolute atomic E-state index is 12.3. The molecule has 0 atom stereocenters. The van der Waals surface area contributed by atoms with E-state index in [9.17, 15) is 4.79 Å². The zero-order valence-corrected chi connectivity index (χ0v) is 16.4. The summed E-state index contributed by atoms with van der Waals surface area (Å²) in [4.78, 5) is 12.3. The first-order chi connectivity index (χ1) is 13.1. The van der Waals surface area contributed by atoms with Gasteiger partial charge in [0.05, 0.1) is 13.2 Å². The third kappa shape index (κ3) is 4.65. The molecule has 0 saturated heterocycles. The minimum absolute atomic E-state index is 0.0156. The summed E-state index contributed by atoms with van der Waals surface area (Å²) in [7, 11) is 0. The van der Waals surface area contributed by atoms with Crippen molar-refractivity contribution < 1.29 is 18.7 Å². The van der Waals surface area contributed by atoms with Gasteiger partial charge in [-0.15, -0.1) is 5.10 Å². The minimum Gasteiger partial charge on any atom is -0.490 e. The van der Waals surface area contributed by atoms with E-state index in [0.29, 0.717) is 35.8 Å². The van der Waals surface area contributed by atoms with E-state index in [4.69, 9.17) is 13.9 Å². The number of rotatable bonds is 7. The van der Waals surface area contributed by atoms with Crippen molar-refractivity contribution in [1.82, 2.24) is 10.2 Å². The molecule has 0 aliphatic carbocycles. The van der Waals surface area contributed by atoms with Crippen molar-refractivity contribution in [3.63, 3.8) is 0 Å². The molecule has 0 unspecified atom stereocenters. The Balaban J connectivity index is 1.79. The molecular weight excluding hydrogens is 414 g/mol. The van der Waals surface area contributed by atoms with Crippen LogP contribution in [0.5, 0.6) is 11.5 Å². The first-order valence-corrected chi connectivity index (χ1v) is 9.20. The highest BCUT2D eigenvalue weighted by Gasteiger charge is 2.15. The fourth-order valence-corrected chi connectivity index (χ4v) is 2.77. The molecule has 1 heterocycles. The van der Waals surface area contributed by atoms with E-state index in [1.54, 1.807) is 36.4 Å². The molecule has 27 heavy (non-hydrogen) atoms. The molecule has 8 heteroatoms. The first kappa shape index (κ1) is 18.9. The molecule has 1 N–H and O–H groups in total. The highest BCUT2D eigenvalue weighted by Crippen LogP contribution is 2.32. The lowest BCUT2D eigenvalue weighted by atomic mass is 10.2. The van der Waals surface area contributed by atoms with E-state index >= 15 is 0 Å². The Bertz CT molecular complexity index is 942. The number of nitrogens with one attached hydrogen (secondary N) is 1. The highest BCUT2D eigenvalue weighted by atomic mass is 79.9. The molecule has 0 aliphatic heterocycles. The zero-order valence-electron chi connectivity index (χ0n) is 14.9. The van der Waals surface area contributed by atoms with Gasteiger partial charge in [0, 0.05) is 15.6 Å². The fraction of sp³-hybridized carbons (Fsp3) is 0.211. The van der Waals surface area contributed by atoms with Gasteiger partial charge in [0.25, 0.3) is 5.91 Å². The second-order valence-electron chi connectivity index (χ2n) is 5.40. The molecule has 0 spiro atoms. The molecule has 0 fully saturated rings. The van der Waals surface area contributed by atoms with Crippen LogP contribution in [-0.4, -0.2) is 29.3 Å². The van der Waals surface area contributed by atoms with Crippen molar-refractivity contribution in [2.24, 2.45) is 0 Å². The van der Waals surface area contributed by atoms with Crippen molar-refractivity contribution in [3.05, 3.63) is 52.5 Å². The molecule has 0 saturated carbocycles. The third-order valence-electron chi connectivity index (χ3n) is 3.52. The van der Waals surface area contributed by atoms with Gasteiger partial charge in [-0.3, -0.25) is 10.1 Å². The highest BCUT2D eigenvalue weighted by molar-refractivity contribution is 9.10. The molecule has 1 amide bonds. The largest absolute Gasteiger partial charge is 0.490 e. The molecule has 1 aromatic heterocycles. The van der Waals surface area contributed by atoms with Crippen molar-refractivity contribution in [2.45, 2.75) is 13.8 Å². The lowest BCUT2D eigenvalue weighted by Crippen LogP contribution is -2.11. The summed E-state index contributed by atoms with van der Waals surface area (Å²) in [5.74, 6) is 1.16. The lowest BCUT2D eigenvalue weighted by molar-refractivity contribution is 0.102. The second kappa shape index (κ2) is 8.68. The van der Waals surface area contributed by atoms with Crippen LogP contribution in [-0.2, 0) is 0 Å². The van der Waals surface area contributed by atoms with Gasteiger partial charge < -0.3 is 13.9 Å².